The molecule has 1 atom stereocenters. The van der Waals surface area contributed by atoms with Crippen LogP contribution in [0.3, 0.4) is 0 Å². The molecule has 2 aromatic rings. The molecule has 2 heterocycles. The molecule has 5 heteroatoms. The molecule has 0 bridgehead atoms. The van der Waals surface area contributed by atoms with Crippen LogP contribution in [0.1, 0.15) is 33.9 Å². The Balaban J connectivity index is 1.77. The van der Waals surface area contributed by atoms with E-state index in [2.05, 4.69) is 5.10 Å². The van der Waals surface area contributed by atoms with E-state index >= 15 is 0 Å². The molecule has 0 aliphatic carbocycles. The summed E-state index contributed by atoms with van der Waals surface area (Å²) in [6, 6.07) is 13.7. The number of fused-ring (bicyclic) bond motifs is 3. The molecule has 0 spiro atoms. The summed E-state index contributed by atoms with van der Waals surface area (Å²) in [6.07, 6.45) is 0.707. The Bertz CT molecular complexity index is 815. The van der Waals surface area contributed by atoms with Gasteiger partial charge in [0, 0.05) is 6.42 Å². The van der Waals surface area contributed by atoms with E-state index < -0.39 is 0 Å². The Morgan fingerprint density at radius 3 is 2.57 bits per heavy atom. The van der Waals surface area contributed by atoms with Gasteiger partial charge < -0.3 is 9.47 Å². The molecule has 2 aromatic carbocycles. The number of rotatable bonds is 3. The maximum atomic E-state index is 12.8. The molecule has 0 unspecified atom stereocenters. The van der Waals surface area contributed by atoms with Crippen molar-refractivity contribution in [2.75, 3.05) is 14.2 Å². The van der Waals surface area contributed by atoms with Crippen LogP contribution in [0.25, 0.3) is 0 Å². The Morgan fingerprint density at radius 1 is 1.09 bits per heavy atom. The Labute approximate surface area is 134 Å². The quantitative estimate of drug-likeness (QED) is 0.876. The molecule has 4 rings (SSSR count). The molecule has 0 saturated carbocycles. The van der Waals surface area contributed by atoms with Gasteiger partial charge in [-0.25, -0.2) is 5.01 Å². The third-order valence-electron chi connectivity index (χ3n) is 4.38. The summed E-state index contributed by atoms with van der Waals surface area (Å²) < 4.78 is 10.7. The van der Waals surface area contributed by atoms with E-state index in [9.17, 15) is 4.79 Å². The summed E-state index contributed by atoms with van der Waals surface area (Å²) in [4.78, 5) is 12.8. The van der Waals surface area contributed by atoms with Gasteiger partial charge in [0.15, 0.2) is 11.5 Å². The minimum Gasteiger partial charge on any atom is -0.493 e. The van der Waals surface area contributed by atoms with Gasteiger partial charge in [0.1, 0.15) is 0 Å². The number of hydrogen-bond donors (Lipinski definition) is 0. The molecule has 0 aromatic heterocycles. The van der Waals surface area contributed by atoms with Gasteiger partial charge in [-0.3, -0.25) is 4.79 Å². The molecule has 0 N–H and O–H groups in total. The van der Waals surface area contributed by atoms with E-state index in [1.807, 2.05) is 42.5 Å². The number of carbonyl (C=O) groups is 1. The van der Waals surface area contributed by atoms with Crippen LogP contribution >= 0.6 is 0 Å². The fourth-order valence-corrected chi connectivity index (χ4v) is 3.30. The van der Waals surface area contributed by atoms with E-state index in [1.54, 1.807) is 19.2 Å². The number of benzene rings is 2. The van der Waals surface area contributed by atoms with Crippen molar-refractivity contribution in [2.24, 2.45) is 5.10 Å². The molecular formula is C18H16N2O3. The predicted octanol–water partition coefficient (Wildman–Crippen LogP) is 3.01. The van der Waals surface area contributed by atoms with Crippen LogP contribution in [0.5, 0.6) is 11.5 Å². The summed E-state index contributed by atoms with van der Waals surface area (Å²) in [5.74, 6) is 0.917. The first-order chi connectivity index (χ1) is 11.2. The molecule has 23 heavy (non-hydrogen) atoms. The van der Waals surface area contributed by atoms with Gasteiger partial charge in [-0.15, -0.1) is 0 Å². The van der Waals surface area contributed by atoms with Crippen LogP contribution in [0, 0.1) is 0 Å². The maximum Gasteiger partial charge on any atom is 0.278 e. The number of nitrogens with zero attached hydrogens (tertiary/aromatic N) is 2. The van der Waals surface area contributed by atoms with Crippen molar-refractivity contribution in [3.8, 4) is 11.5 Å². The zero-order chi connectivity index (χ0) is 16.0. The van der Waals surface area contributed by atoms with Gasteiger partial charge in [-0.1, -0.05) is 36.4 Å². The lowest BCUT2D eigenvalue weighted by Gasteiger charge is -2.12. The largest absolute Gasteiger partial charge is 0.493 e. The fraction of sp³-hybridized carbons (Fsp3) is 0.222. The Morgan fingerprint density at radius 2 is 1.87 bits per heavy atom. The maximum absolute atomic E-state index is 12.8. The van der Waals surface area contributed by atoms with Gasteiger partial charge in [0.05, 0.1) is 31.5 Å². The zero-order valence-corrected chi connectivity index (χ0v) is 12.9. The van der Waals surface area contributed by atoms with Crippen LogP contribution in [0.15, 0.2) is 47.6 Å². The molecular weight excluding hydrogens is 292 g/mol. The van der Waals surface area contributed by atoms with Gasteiger partial charge in [0.25, 0.3) is 5.91 Å². The first kappa shape index (κ1) is 13.8. The first-order valence-electron chi connectivity index (χ1n) is 7.46. The number of ether oxygens (including phenoxy) is 2. The Hall–Kier alpha value is -2.82. The second kappa shape index (κ2) is 5.12. The van der Waals surface area contributed by atoms with Gasteiger partial charge in [0.2, 0.25) is 0 Å². The number of hydrazone groups is 1. The second-order valence-corrected chi connectivity index (χ2v) is 5.55. The van der Waals surface area contributed by atoms with E-state index in [0.717, 1.165) is 16.8 Å². The van der Waals surface area contributed by atoms with Crippen LogP contribution in [-0.2, 0) is 0 Å². The van der Waals surface area contributed by atoms with Crippen LogP contribution < -0.4 is 9.47 Å². The minimum atomic E-state index is -0.133. The Kier molecular flexibility index (Phi) is 3.08. The van der Waals surface area contributed by atoms with Crippen molar-refractivity contribution >= 4 is 11.6 Å². The lowest BCUT2D eigenvalue weighted by atomic mass is 9.97. The van der Waals surface area contributed by atoms with Gasteiger partial charge in [-0.05, 0) is 17.2 Å². The summed E-state index contributed by atoms with van der Waals surface area (Å²) in [7, 11) is 3.12. The summed E-state index contributed by atoms with van der Waals surface area (Å²) in [5, 5.41) is 6.12. The van der Waals surface area contributed by atoms with Crippen molar-refractivity contribution in [3.05, 3.63) is 59.2 Å². The van der Waals surface area contributed by atoms with Crippen LogP contribution in [0.2, 0.25) is 0 Å². The van der Waals surface area contributed by atoms with E-state index in [-0.39, 0.29) is 11.9 Å². The third kappa shape index (κ3) is 1.93. The molecule has 1 amide bonds. The smallest absolute Gasteiger partial charge is 0.278 e. The van der Waals surface area contributed by atoms with E-state index in [4.69, 9.17) is 9.47 Å². The average Bonchev–Trinajstić information content (AvgIpc) is 3.15. The van der Waals surface area contributed by atoms with Crippen LogP contribution in [0.4, 0.5) is 0 Å². The lowest BCUT2D eigenvalue weighted by molar-refractivity contribution is 0.0753. The highest BCUT2D eigenvalue weighted by Crippen LogP contribution is 2.47. The average molecular weight is 308 g/mol. The highest BCUT2D eigenvalue weighted by molar-refractivity contribution is 6.09. The van der Waals surface area contributed by atoms with Crippen molar-refractivity contribution in [2.45, 2.75) is 12.5 Å². The second-order valence-electron chi connectivity index (χ2n) is 5.55. The number of methoxy groups -OCH3 is 2. The van der Waals surface area contributed by atoms with Crippen molar-refractivity contribution in [1.82, 2.24) is 5.01 Å². The monoisotopic (exact) mass is 308 g/mol. The molecule has 116 valence electrons. The molecule has 0 fully saturated rings. The molecule has 0 saturated heterocycles. The van der Waals surface area contributed by atoms with E-state index in [1.165, 1.54) is 0 Å². The minimum absolute atomic E-state index is 0.0625. The molecule has 2 aliphatic rings. The van der Waals surface area contributed by atoms with E-state index in [0.29, 0.717) is 23.5 Å². The first-order valence-corrected chi connectivity index (χ1v) is 7.46. The van der Waals surface area contributed by atoms with Crippen molar-refractivity contribution < 1.29 is 14.3 Å². The lowest BCUT2D eigenvalue weighted by Crippen LogP contribution is -2.18. The van der Waals surface area contributed by atoms with Crippen molar-refractivity contribution in [3.63, 3.8) is 0 Å². The highest BCUT2D eigenvalue weighted by Gasteiger charge is 2.44. The number of carbonyl (C=O) groups excluding carboxylic acids is 1. The predicted molar refractivity (Wildman–Crippen MR) is 86.1 cm³/mol. The number of amides is 1. The van der Waals surface area contributed by atoms with Gasteiger partial charge in [-0.2, -0.15) is 5.10 Å². The SMILES string of the molecule is COc1ccc2c(c1OC)C(=O)N1N=C(c3ccccc3)C[C@@H]21. The number of hydrogen-bond acceptors (Lipinski definition) is 4. The third-order valence-corrected chi connectivity index (χ3v) is 4.38. The molecule has 2 aliphatic heterocycles. The summed E-state index contributed by atoms with van der Waals surface area (Å²) in [6.45, 7) is 0. The normalized spacial score (nSPS) is 18.5. The molecule has 5 nitrogen and oxygen atoms in total. The zero-order valence-electron chi connectivity index (χ0n) is 12.9. The highest BCUT2D eigenvalue weighted by atomic mass is 16.5. The van der Waals surface area contributed by atoms with Crippen molar-refractivity contribution in [1.29, 1.82) is 0 Å². The summed E-state index contributed by atoms with van der Waals surface area (Å²) >= 11 is 0. The standard InChI is InChI=1S/C18H16N2O3/c1-22-15-9-8-12-14-10-13(11-6-4-3-5-7-11)19-20(14)18(21)16(12)17(15)23-2/h3-9,14H,10H2,1-2H3/t14-/m0/s1. The summed E-state index contributed by atoms with van der Waals surface area (Å²) in [5.41, 5.74) is 3.50. The molecule has 0 radical (unpaired) electrons. The topological polar surface area (TPSA) is 51.1 Å². The van der Waals surface area contributed by atoms with Gasteiger partial charge >= 0.3 is 0 Å². The fourth-order valence-electron chi connectivity index (χ4n) is 3.30. The van der Waals surface area contributed by atoms with Crippen LogP contribution in [-0.4, -0.2) is 30.8 Å².